The van der Waals surface area contributed by atoms with Crippen LogP contribution in [0, 0.1) is 0 Å². The summed E-state index contributed by atoms with van der Waals surface area (Å²) in [4.78, 5) is 0. The first-order chi connectivity index (χ1) is 15.1. The molecule has 0 fully saturated rings. The second-order valence-corrected chi connectivity index (χ2v) is 11.5. The first-order valence-corrected chi connectivity index (χ1v) is 14.2. The van der Waals surface area contributed by atoms with Gasteiger partial charge in [-0.15, -0.1) is 0 Å². The van der Waals surface area contributed by atoms with Gasteiger partial charge in [-0.25, -0.2) is 0 Å². The van der Waals surface area contributed by atoms with E-state index in [1.807, 2.05) is 14.1 Å². The first-order valence-electron chi connectivity index (χ1n) is 14.2. The van der Waals surface area contributed by atoms with Gasteiger partial charge in [-0.05, 0) is 25.7 Å². The fraction of sp³-hybridized carbons (Fsp3) is 1.00. The van der Waals surface area contributed by atoms with E-state index in [1.54, 1.807) is 0 Å². The molecule has 4 nitrogen and oxygen atoms in total. The van der Waals surface area contributed by atoms with Gasteiger partial charge < -0.3 is 14.7 Å². The van der Waals surface area contributed by atoms with Crippen molar-refractivity contribution in [3.63, 3.8) is 0 Å². The average molecular weight is 459 g/mol. The number of likely N-dealkylation sites (N-methyl/N-ethyl adjacent to an activating group) is 2. The van der Waals surface area contributed by atoms with Crippen LogP contribution in [0.15, 0.2) is 0 Å². The maximum absolute atomic E-state index is 11.4. The molecule has 1 unspecified atom stereocenters. The molecule has 0 bridgehead atoms. The summed E-state index contributed by atoms with van der Waals surface area (Å²) < 4.78 is 0.943. The van der Waals surface area contributed by atoms with Gasteiger partial charge in [0.15, 0.2) is 0 Å². The van der Waals surface area contributed by atoms with Crippen LogP contribution in [0.1, 0.15) is 130 Å². The van der Waals surface area contributed by atoms with Crippen molar-refractivity contribution in [2.75, 3.05) is 41.3 Å². The fourth-order valence-corrected chi connectivity index (χ4v) is 5.25. The van der Waals surface area contributed by atoms with Crippen LogP contribution in [0.3, 0.4) is 0 Å². The molecule has 2 N–H and O–H groups in total. The zero-order chi connectivity index (χ0) is 24.5. The maximum Gasteiger partial charge on any atom is 0.368 e. The van der Waals surface area contributed by atoms with Gasteiger partial charge in [-0.3, -0.25) is 4.48 Å². The average Bonchev–Trinajstić information content (AvgIpc) is 2.71. The Bertz CT molecular complexity index is 435. The molecule has 0 amide bonds. The molecule has 32 heavy (non-hydrogen) atoms. The Morgan fingerprint density at radius 2 is 0.875 bits per heavy atom. The minimum Gasteiger partial charge on any atom is -0.316 e. The first kappa shape index (κ1) is 31.8. The number of quaternary nitrogens is 2. The van der Waals surface area contributed by atoms with Gasteiger partial charge in [-0.2, -0.15) is 0 Å². The molecule has 0 rings (SSSR count). The Hall–Kier alpha value is -0.160. The number of unbranched alkanes of at least 4 members (excludes halogenated alkanes) is 14. The molecule has 0 aromatic rings. The summed E-state index contributed by atoms with van der Waals surface area (Å²) in [5.41, 5.74) is 0. The molecule has 0 heterocycles. The second-order valence-electron chi connectivity index (χ2n) is 11.5. The van der Waals surface area contributed by atoms with E-state index in [2.05, 4.69) is 34.9 Å². The fourth-order valence-electron chi connectivity index (χ4n) is 5.25. The summed E-state index contributed by atoms with van der Waals surface area (Å²) >= 11 is 0. The topological polar surface area (TPSA) is 40.5 Å². The molecule has 0 aromatic heterocycles. The van der Waals surface area contributed by atoms with Crippen LogP contribution >= 0.6 is 0 Å². The molecule has 0 aliphatic carbocycles. The van der Waals surface area contributed by atoms with Gasteiger partial charge >= 0.3 is 5.91 Å². The van der Waals surface area contributed by atoms with E-state index in [9.17, 15) is 10.2 Å². The molecule has 0 aliphatic heterocycles. The Morgan fingerprint density at radius 3 is 1.25 bits per heavy atom. The quantitative estimate of drug-likeness (QED) is 0.106. The summed E-state index contributed by atoms with van der Waals surface area (Å²) in [6.07, 6.45) is 21.5. The molecule has 1 atom stereocenters. The highest BCUT2D eigenvalue weighted by molar-refractivity contribution is 4.68. The number of hydrogen-bond acceptors (Lipinski definition) is 2. The lowest BCUT2D eigenvalue weighted by molar-refractivity contribution is -1.05. The van der Waals surface area contributed by atoms with Gasteiger partial charge in [0.1, 0.15) is 0 Å². The van der Waals surface area contributed by atoms with Crippen LogP contribution < -0.4 is 0 Å². The van der Waals surface area contributed by atoms with Crippen molar-refractivity contribution < 1.29 is 19.2 Å². The van der Waals surface area contributed by atoms with Gasteiger partial charge in [-0.1, -0.05) is 97.8 Å². The van der Waals surface area contributed by atoms with Gasteiger partial charge in [0.25, 0.3) is 0 Å². The number of aliphatic hydroxyl groups is 2. The van der Waals surface area contributed by atoms with Crippen LogP contribution in [0.4, 0.5) is 0 Å². The maximum atomic E-state index is 11.4. The third-order valence-electron chi connectivity index (χ3n) is 7.73. The Balaban J connectivity index is 4.51. The third kappa shape index (κ3) is 12.3. The molecule has 0 saturated carbocycles. The summed E-state index contributed by atoms with van der Waals surface area (Å²) in [7, 11) is 8.38. The molecule has 0 aliphatic rings. The van der Waals surface area contributed by atoms with E-state index in [0.29, 0.717) is 4.48 Å². The summed E-state index contributed by atoms with van der Waals surface area (Å²) in [6, 6.07) is -0.184. The lowest BCUT2D eigenvalue weighted by Gasteiger charge is -2.49. The second kappa shape index (κ2) is 17.3. The standard InChI is InChI=1S/C28H62N2O2/c1-8-11-13-15-17-19-21-23-25-29(4,5)27(10-3)28(31,32)30(6,7)26-24-22-20-18-16-14-12-9-2/h27,31-32H,8-26H2,1-7H3/q+2. The van der Waals surface area contributed by atoms with Crippen molar-refractivity contribution in [3.8, 4) is 0 Å². The van der Waals surface area contributed by atoms with E-state index in [4.69, 9.17) is 0 Å². The molecule has 0 radical (unpaired) electrons. The predicted octanol–water partition coefficient (Wildman–Crippen LogP) is 6.84. The van der Waals surface area contributed by atoms with Crippen LogP contribution in [-0.4, -0.2) is 72.4 Å². The van der Waals surface area contributed by atoms with E-state index in [-0.39, 0.29) is 10.5 Å². The highest BCUT2D eigenvalue weighted by atomic mass is 16.5. The van der Waals surface area contributed by atoms with E-state index in [0.717, 1.165) is 25.9 Å². The summed E-state index contributed by atoms with van der Waals surface area (Å²) in [5, 5.41) is 22.7. The van der Waals surface area contributed by atoms with Crippen LogP contribution in [0.2, 0.25) is 0 Å². The minimum atomic E-state index is -1.71. The molecular formula is C28H62N2O2+2. The van der Waals surface area contributed by atoms with E-state index < -0.39 is 5.91 Å². The molecule has 0 aromatic carbocycles. The smallest absolute Gasteiger partial charge is 0.316 e. The van der Waals surface area contributed by atoms with Gasteiger partial charge in [0.2, 0.25) is 6.04 Å². The molecular weight excluding hydrogens is 396 g/mol. The van der Waals surface area contributed by atoms with Crippen LogP contribution in [0.5, 0.6) is 0 Å². The zero-order valence-corrected chi connectivity index (χ0v) is 23.3. The van der Waals surface area contributed by atoms with Gasteiger partial charge in [0, 0.05) is 6.42 Å². The Morgan fingerprint density at radius 1 is 0.531 bits per heavy atom. The lowest BCUT2D eigenvalue weighted by Crippen LogP contribution is -2.73. The van der Waals surface area contributed by atoms with Crippen LogP contribution in [0.25, 0.3) is 0 Å². The molecule has 4 heteroatoms. The van der Waals surface area contributed by atoms with Crippen molar-refractivity contribution in [2.45, 2.75) is 142 Å². The molecule has 0 saturated heterocycles. The highest BCUT2D eigenvalue weighted by Gasteiger charge is 2.55. The highest BCUT2D eigenvalue weighted by Crippen LogP contribution is 2.30. The van der Waals surface area contributed by atoms with Crippen molar-refractivity contribution >= 4 is 0 Å². The van der Waals surface area contributed by atoms with E-state index >= 15 is 0 Å². The van der Waals surface area contributed by atoms with Crippen molar-refractivity contribution in [1.82, 2.24) is 0 Å². The van der Waals surface area contributed by atoms with Crippen LogP contribution in [-0.2, 0) is 0 Å². The Kier molecular flexibility index (Phi) is 17.2. The van der Waals surface area contributed by atoms with Crippen molar-refractivity contribution in [2.24, 2.45) is 0 Å². The van der Waals surface area contributed by atoms with Crippen molar-refractivity contribution in [1.29, 1.82) is 0 Å². The largest absolute Gasteiger partial charge is 0.368 e. The molecule has 0 spiro atoms. The summed E-state index contributed by atoms with van der Waals surface area (Å²) in [5.74, 6) is -1.71. The minimum absolute atomic E-state index is 0.184. The van der Waals surface area contributed by atoms with Gasteiger partial charge in [0.05, 0.1) is 41.3 Å². The van der Waals surface area contributed by atoms with Crippen molar-refractivity contribution in [3.05, 3.63) is 0 Å². The normalized spacial score (nSPS) is 14.2. The number of hydrogen-bond donors (Lipinski definition) is 2. The Labute approximate surface area is 202 Å². The van der Waals surface area contributed by atoms with E-state index in [1.165, 1.54) is 96.3 Å². The zero-order valence-electron chi connectivity index (χ0n) is 23.3. The lowest BCUT2D eigenvalue weighted by atomic mass is 10.0. The number of nitrogens with zero attached hydrogens (tertiary/aromatic N) is 2. The molecule has 194 valence electrons. The number of rotatable bonds is 22. The SMILES string of the molecule is CCCCCCCCCC[N+](C)(C)C(CC)C(O)(O)[N+](C)(C)CCCCCCCCCC. The summed E-state index contributed by atoms with van der Waals surface area (Å²) in [6.45, 7) is 8.46. The predicted molar refractivity (Wildman–Crippen MR) is 140 cm³/mol. The monoisotopic (exact) mass is 458 g/mol. The third-order valence-corrected chi connectivity index (χ3v) is 7.73.